The number of carbonyl (C=O) groups excluding carboxylic acids is 2. The summed E-state index contributed by atoms with van der Waals surface area (Å²) in [7, 11) is 1.36. The minimum absolute atomic E-state index is 0.0866. The van der Waals surface area contributed by atoms with E-state index in [1.165, 1.54) is 7.11 Å². The smallest absolute Gasteiger partial charge is 0.310 e. The summed E-state index contributed by atoms with van der Waals surface area (Å²) in [4.78, 5) is 25.4. The third-order valence-corrected chi connectivity index (χ3v) is 3.12. The molecule has 4 heteroatoms. The fraction of sp³-hybridized carbons (Fsp3) is 0.412. The highest BCUT2D eigenvalue weighted by molar-refractivity contribution is 5.92. The molecule has 1 rings (SSSR count). The lowest BCUT2D eigenvalue weighted by Crippen LogP contribution is -2.36. The summed E-state index contributed by atoms with van der Waals surface area (Å²) < 4.78 is 4.71. The van der Waals surface area contributed by atoms with Gasteiger partial charge in [0.2, 0.25) is 5.91 Å². The van der Waals surface area contributed by atoms with Crippen molar-refractivity contribution >= 4 is 18.0 Å². The van der Waals surface area contributed by atoms with Crippen LogP contribution in [-0.4, -0.2) is 37.0 Å². The van der Waals surface area contributed by atoms with Crippen molar-refractivity contribution in [2.45, 2.75) is 20.3 Å². The Kier molecular flexibility index (Phi) is 7.23. The average molecular weight is 289 g/mol. The van der Waals surface area contributed by atoms with Gasteiger partial charge in [0.1, 0.15) is 0 Å². The van der Waals surface area contributed by atoms with Crippen LogP contribution >= 0.6 is 0 Å². The Morgan fingerprint density at radius 1 is 1.29 bits per heavy atom. The van der Waals surface area contributed by atoms with Crippen LogP contribution in [0.1, 0.15) is 25.8 Å². The van der Waals surface area contributed by atoms with Gasteiger partial charge in [-0.05, 0) is 18.1 Å². The normalized spacial score (nSPS) is 12.1. The SMILES string of the molecule is CCCN(CC(C)C(=O)OC)C(=O)/C=C/c1ccccc1. The van der Waals surface area contributed by atoms with E-state index in [4.69, 9.17) is 4.74 Å². The predicted octanol–water partition coefficient (Wildman–Crippen LogP) is 2.75. The Balaban J connectivity index is 2.69. The van der Waals surface area contributed by atoms with Crippen molar-refractivity contribution in [3.8, 4) is 0 Å². The van der Waals surface area contributed by atoms with Crippen LogP contribution in [0, 0.1) is 5.92 Å². The van der Waals surface area contributed by atoms with Crippen molar-refractivity contribution in [3.63, 3.8) is 0 Å². The van der Waals surface area contributed by atoms with Crippen LogP contribution in [0.15, 0.2) is 36.4 Å². The molecule has 0 aliphatic heterocycles. The molecule has 114 valence electrons. The molecule has 4 nitrogen and oxygen atoms in total. The van der Waals surface area contributed by atoms with E-state index in [9.17, 15) is 9.59 Å². The fourth-order valence-electron chi connectivity index (χ4n) is 2.00. The number of carbonyl (C=O) groups is 2. The van der Waals surface area contributed by atoms with Crippen molar-refractivity contribution in [1.29, 1.82) is 0 Å². The molecule has 1 unspecified atom stereocenters. The highest BCUT2D eigenvalue weighted by atomic mass is 16.5. The van der Waals surface area contributed by atoms with Gasteiger partial charge in [-0.15, -0.1) is 0 Å². The largest absolute Gasteiger partial charge is 0.469 e. The van der Waals surface area contributed by atoms with Crippen molar-refractivity contribution < 1.29 is 14.3 Å². The first-order valence-electron chi connectivity index (χ1n) is 7.18. The van der Waals surface area contributed by atoms with Crippen LogP contribution < -0.4 is 0 Å². The molecule has 0 saturated heterocycles. The Hall–Kier alpha value is -2.10. The molecule has 0 N–H and O–H groups in total. The summed E-state index contributed by atoms with van der Waals surface area (Å²) in [6.45, 7) is 4.77. The van der Waals surface area contributed by atoms with E-state index in [2.05, 4.69) is 0 Å². The van der Waals surface area contributed by atoms with E-state index >= 15 is 0 Å². The van der Waals surface area contributed by atoms with E-state index < -0.39 is 0 Å². The van der Waals surface area contributed by atoms with Gasteiger partial charge in [-0.3, -0.25) is 9.59 Å². The average Bonchev–Trinajstić information content (AvgIpc) is 2.52. The topological polar surface area (TPSA) is 46.6 Å². The zero-order chi connectivity index (χ0) is 15.7. The lowest BCUT2D eigenvalue weighted by Gasteiger charge is -2.23. The second kappa shape index (κ2) is 8.95. The Morgan fingerprint density at radius 3 is 2.52 bits per heavy atom. The molecule has 0 bridgehead atoms. The number of nitrogens with zero attached hydrogens (tertiary/aromatic N) is 1. The maximum Gasteiger partial charge on any atom is 0.310 e. The van der Waals surface area contributed by atoms with Crippen LogP contribution in [0.3, 0.4) is 0 Å². The number of amides is 1. The van der Waals surface area contributed by atoms with Gasteiger partial charge in [0, 0.05) is 19.2 Å². The molecule has 1 aromatic carbocycles. The third kappa shape index (κ3) is 5.81. The molecular formula is C17H23NO3. The number of hydrogen-bond donors (Lipinski definition) is 0. The highest BCUT2D eigenvalue weighted by Crippen LogP contribution is 2.06. The molecule has 0 aliphatic carbocycles. The quantitative estimate of drug-likeness (QED) is 0.573. The third-order valence-electron chi connectivity index (χ3n) is 3.12. The number of hydrogen-bond acceptors (Lipinski definition) is 3. The molecule has 0 saturated carbocycles. The molecule has 0 heterocycles. The molecule has 0 radical (unpaired) electrons. The molecule has 1 aromatic rings. The molecule has 21 heavy (non-hydrogen) atoms. The van der Waals surface area contributed by atoms with E-state index in [-0.39, 0.29) is 17.8 Å². The van der Waals surface area contributed by atoms with Crippen LogP contribution in [0.25, 0.3) is 6.08 Å². The van der Waals surface area contributed by atoms with Gasteiger partial charge < -0.3 is 9.64 Å². The zero-order valence-corrected chi connectivity index (χ0v) is 12.9. The number of benzene rings is 1. The Bertz CT molecular complexity index is 482. The first kappa shape index (κ1) is 17.0. The van der Waals surface area contributed by atoms with Gasteiger partial charge in [-0.2, -0.15) is 0 Å². The van der Waals surface area contributed by atoms with Crippen molar-refractivity contribution in [2.75, 3.05) is 20.2 Å². The summed E-state index contributed by atoms with van der Waals surface area (Å²) in [6.07, 6.45) is 4.18. The molecular weight excluding hydrogens is 266 g/mol. The number of esters is 1. The van der Waals surface area contributed by atoms with E-state index in [1.54, 1.807) is 24.0 Å². The second-order valence-electron chi connectivity index (χ2n) is 4.95. The fourth-order valence-corrected chi connectivity index (χ4v) is 2.00. The first-order valence-corrected chi connectivity index (χ1v) is 7.18. The van der Waals surface area contributed by atoms with Crippen LogP contribution in [0.2, 0.25) is 0 Å². The van der Waals surface area contributed by atoms with Crippen LogP contribution in [-0.2, 0) is 14.3 Å². The van der Waals surface area contributed by atoms with Gasteiger partial charge in [-0.25, -0.2) is 0 Å². The lowest BCUT2D eigenvalue weighted by molar-refractivity contribution is -0.146. The molecule has 0 aromatic heterocycles. The summed E-state index contributed by atoms with van der Waals surface area (Å²) >= 11 is 0. The highest BCUT2D eigenvalue weighted by Gasteiger charge is 2.19. The number of rotatable bonds is 7. The van der Waals surface area contributed by atoms with Gasteiger partial charge in [0.15, 0.2) is 0 Å². The summed E-state index contributed by atoms with van der Waals surface area (Å²) in [5.41, 5.74) is 0.975. The summed E-state index contributed by atoms with van der Waals surface area (Å²) in [5, 5.41) is 0. The monoisotopic (exact) mass is 289 g/mol. The zero-order valence-electron chi connectivity index (χ0n) is 12.9. The van der Waals surface area contributed by atoms with Crippen LogP contribution in [0.4, 0.5) is 0 Å². The van der Waals surface area contributed by atoms with Gasteiger partial charge in [0.25, 0.3) is 0 Å². The van der Waals surface area contributed by atoms with E-state index in [1.807, 2.05) is 37.3 Å². The second-order valence-corrected chi connectivity index (χ2v) is 4.95. The number of methoxy groups -OCH3 is 1. The maximum atomic E-state index is 12.2. The molecule has 0 spiro atoms. The first-order chi connectivity index (χ1) is 10.1. The molecule has 1 amide bonds. The van der Waals surface area contributed by atoms with Crippen molar-refractivity contribution in [1.82, 2.24) is 4.90 Å². The summed E-state index contributed by atoms with van der Waals surface area (Å²) in [6, 6.07) is 9.65. The lowest BCUT2D eigenvalue weighted by atomic mass is 10.1. The van der Waals surface area contributed by atoms with E-state index in [0.717, 1.165) is 12.0 Å². The van der Waals surface area contributed by atoms with E-state index in [0.29, 0.717) is 13.1 Å². The van der Waals surface area contributed by atoms with Crippen molar-refractivity contribution in [2.24, 2.45) is 5.92 Å². The predicted molar refractivity (Wildman–Crippen MR) is 83.5 cm³/mol. The Morgan fingerprint density at radius 2 is 1.95 bits per heavy atom. The molecule has 0 aliphatic rings. The van der Waals surface area contributed by atoms with Gasteiger partial charge in [-0.1, -0.05) is 44.2 Å². The Labute approximate surface area is 126 Å². The minimum atomic E-state index is -0.323. The van der Waals surface area contributed by atoms with Gasteiger partial charge >= 0.3 is 5.97 Å². The minimum Gasteiger partial charge on any atom is -0.469 e. The van der Waals surface area contributed by atoms with Crippen molar-refractivity contribution in [3.05, 3.63) is 42.0 Å². The number of ether oxygens (including phenoxy) is 1. The van der Waals surface area contributed by atoms with Crippen LogP contribution in [0.5, 0.6) is 0 Å². The van der Waals surface area contributed by atoms with Gasteiger partial charge in [0.05, 0.1) is 13.0 Å². The summed E-state index contributed by atoms with van der Waals surface area (Å²) in [5.74, 6) is -0.706. The molecule has 1 atom stereocenters. The molecule has 0 fully saturated rings. The standard InChI is InChI=1S/C17H23NO3/c1-4-12-18(13-14(2)17(20)21-3)16(19)11-10-15-8-6-5-7-9-15/h5-11,14H,4,12-13H2,1-3H3/b11-10+. The maximum absolute atomic E-state index is 12.2.